The molecule has 1 saturated heterocycles. The molecule has 1 aromatic carbocycles. The number of hydrogen-bond acceptors (Lipinski definition) is 2. The smallest absolute Gasteiger partial charge is 0.0442 e. The fourth-order valence-electron chi connectivity index (χ4n) is 1.44. The zero-order valence-electron chi connectivity index (χ0n) is 7.92. The molecular formula is C11H15NS. The minimum atomic E-state index is 0.706. The molecule has 2 heteroatoms. The predicted octanol–water partition coefficient (Wildman–Crippen LogP) is 2.78. The molecule has 0 unspecified atom stereocenters. The van der Waals surface area contributed by atoms with Gasteiger partial charge in [0.1, 0.15) is 0 Å². The standard InChI is InChI=1S/C11H15NS/c1-2-9-4-3-5-10(6-9)12-11-7-13-8-11/h3-6,11-12H,2,7-8H2,1H3. The third-order valence-corrected chi connectivity index (χ3v) is 3.62. The molecule has 1 heterocycles. The largest absolute Gasteiger partial charge is 0.381 e. The molecule has 1 aromatic rings. The van der Waals surface area contributed by atoms with Gasteiger partial charge in [0.05, 0.1) is 0 Å². The van der Waals surface area contributed by atoms with E-state index in [-0.39, 0.29) is 0 Å². The van der Waals surface area contributed by atoms with Gasteiger partial charge in [0.15, 0.2) is 0 Å². The average Bonchev–Trinajstić information content (AvgIpc) is 2.12. The Balaban J connectivity index is 2.01. The lowest BCUT2D eigenvalue weighted by atomic mass is 10.1. The van der Waals surface area contributed by atoms with E-state index < -0.39 is 0 Å². The molecule has 2 rings (SSSR count). The molecule has 70 valence electrons. The van der Waals surface area contributed by atoms with Gasteiger partial charge in [0.25, 0.3) is 0 Å². The Labute approximate surface area is 83.9 Å². The van der Waals surface area contributed by atoms with Crippen molar-refractivity contribution in [2.24, 2.45) is 0 Å². The fourth-order valence-corrected chi connectivity index (χ4v) is 2.07. The van der Waals surface area contributed by atoms with E-state index in [2.05, 4.69) is 36.5 Å². The van der Waals surface area contributed by atoms with E-state index in [9.17, 15) is 0 Å². The van der Waals surface area contributed by atoms with Gasteiger partial charge in [0.2, 0.25) is 0 Å². The van der Waals surface area contributed by atoms with Crippen molar-refractivity contribution in [2.75, 3.05) is 16.8 Å². The minimum Gasteiger partial charge on any atom is -0.381 e. The van der Waals surface area contributed by atoms with Gasteiger partial charge in [-0.05, 0) is 24.1 Å². The maximum absolute atomic E-state index is 3.53. The van der Waals surface area contributed by atoms with Crippen molar-refractivity contribution in [3.63, 3.8) is 0 Å². The highest BCUT2D eigenvalue weighted by molar-refractivity contribution is 8.00. The molecule has 0 saturated carbocycles. The van der Waals surface area contributed by atoms with Crippen LogP contribution in [0.5, 0.6) is 0 Å². The molecule has 1 N–H and O–H groups in total. The quantitative estimate of drug-likeness (QED) is 0.792. The Kier molecular flexibility index (Phi) is 2.79. The van der Waals surface area contributed by atoms with Crippen LogP contribution in [0.3, 0.4) is 0 Å². The molecule has 1 nitrogen and oxygen atoms in total. The van der Waals surface area contributed by atoms with E-state index in [0.29, 0.717) is 6.04 Å². The summed E-state index contributed by atoms with van der Waals surface area (Å²) in [5.41, 5.74) is 2.70. The maximum atomic E-state index is 3.53. The molecule has 0 aliphatic carbocycles. The third kappa shape index (κ3) is 2.19. The van der Waals surface area contributed by atoms with E-state index in [1.165, 1.54) is 22.8 Å². The molecule has 0 radical (unpaired) electrons. The zero-order valence-corrected chi connectivity index (χ0v) is 8.73. The predicted molar refractivity (Wildman–Crippen MR) is 60.6 cm³/mol. The summed E-state index contributed by atoms with van der Waals surface area (Å²) in [5, 5.41) is 3.53. The van der Waals surface area contributed by atoms with Crippen LogP contribution < -0.4 is 5.32 Å². The number of nitrogens with one attached hydrogen (secondary N) is 1. The molecule has 0 aromatic heterocycles. The summed E-state index contributed by atoms with van der Waals surface area (Å²) in [6, 6.07) is 9.43. The van der Waals surface area contributed by atoms with Gasteiger partial charge >= 0.3 is 0 Å². The van der Waals surface area contributed by atoms with Crippen LogP contribution in [0.15, 0.2) is 24.3 Å². The lowest BCUT2D eigenvalue weighted by molar-refractivity contribution is 0.881. The SMILES string of the molecule is CCc1cccc(NC2CSC2)c1. The second kappa shape index (κ2) is 4.05. The Morgan fingerprint density at radius 2 is 2.31 bits per heavy atom. The lowest BCUT2D eigenvalue weighted by Gasteiger charge is -2.27. The van der Waals surface area contributed by atoms with Crippen molar-refractivity contribution in [2.45, 2.75) is 19.4 Å². The summed E-state index contributed by atoms with van der Waals surface area (Å²) in [4.78, 5) is 0. The second-order valence-electron chi connectivity index (χ2n) is 3.43. The molecule has 13 heavy (non-hydrogen) atoms. The number of benzene rings is 1. The highest BCUT2D eigenvalue weighted by atomic mass is 32.2. The monoisotopic (exact) mass is 193 g/mol. The fraction of sp³-hybridized carbons (Fsp3) is 0.455. The molecule has 0 spiro atoms. The summed E-state index contributed by atoms with van der Waals surface area (Å²) in [6.07, 6.45) is 1.12. The Hall–Kier alpha value is -0.630. The van der Waals surface area contributed by atoms with Gasteiger partial charge in [-0.2, -0.15) is 11.8 Å². The summed E-state index contributed by atoms with van der Waals surface area (Å²) in [7, 11) is 0. The van der Waals surface area contributed by atoms with Crippen LogP contribution in [0.1, 0.15) is 12.5 Å². The van der Waals surface area contributed by atoms with Crippen LogP contribution in [-0.2, 0) is 6.42 Å². The van der Waals surface area contributed by atoms with Gasteiger partial charge in [-0.3, -0.25) is 0 Å². The minimum absolute atomic E-state index is 0.706. The van der Waals surface area contributed by atoms with Crippen molar-refractivity contribution < 1.29 is 0 Å². The molecule has 1 aliphatic heterocycles. The van der Waals surface area contributed by atoms with E-state index in [0.717, 1.165) is 6.42 Å². The van der Waals surface area contributed by atoms with E-state index in [1.807, 2.05) is 11.8 Å². The first-order valence-electron chi connectivity index (χ1n) is 4.81. The van der Waals surface area contributed by atoms with Gasteiger partial charge in [-0.1, -0.05) is 19.1 Å². The van der Waals surface area contributed by atoms with E-state index >= 15 is 0 Å². The molecule has 1 fully saturated rings. The molecule has 0 amide bonds. The Bertz CT molecular complexity index is 281. The Morgan fingerprint density at radius 3 is 2.92 bits per heavy atom. The summed E-state index contributed by atoms with van der Waals surface area (Å²) >= 11 is 2.01. The third-order valence-electron chi connectivity index (χ3n) is 2.34. The van der Waals surface area contributed by atoms with Crippen LogP contribution in [0.4, 0.5) is 5.69 Å². The highest BCUT2D eigenvalue weighted by Crippen LogP contribution is 2.22. The molecule has 1 aliphatic rings. The van der Waals surface area contributed by atoms with E-state index in [1.54, 1.807) is 0 Å². The Morgan fingerprint density at radius 1 is 1.46 bits per heavy atom. The van der Waals surface area contributed by atoms with Crippen molar-refractivity contribution in [3.05, 3.63) is 29.8 Å². The van der Waals surface area contributed by atoms with Crippen LogP contribution in [0.2, 0.25) is 0 Å². The number of hydrogen-bond donors (Lipinski definition) is 1. The van der Waals surface area contributed by atoms with Crippen molar-refractivity contribution >= 4 is 17.4 Å². The zero-order chi connectivity index (χ0) is 9.10. The maximum Gasteiger partial charge on any atom is 0.0442 e. The van der Waals surface area contributed by atoms with Gasteiger partial charge in [0, 0.05) is 23.2 Å². The van der Waals surface area contributed by atoms with Crippen LogP contribution in [0, 0.1) is 0 Å². The summed E-state index contributed by atoms with van der Waals surface area (Å²) in [5.74, 6) is 2.52. The van der Waals surface area contributed by atoms with Gasteiger partial charge < -0.3 is 5.32 Å². The molecular weight excluding hydrogens is 178 g/mol. The molecule has 0 bridgehead atoms. The van der Waals surface area contributed by atoms with Crippen molar-refractivity contribution in [3.8, 4) is 0 Å². The summed E-state index contributed by atoms with van der Waals surface area (Å²) < 4.78 is 0. The first kappa shape index (κ1) is 8.95. The number of aryl methyl sites for hydroxylation is 1. The highest BCUT2D eigenvalue weighted by Gasteiger charge is 2.17. The molecule has 0 atom stereocenters. The summed E-state index contributed by atoms with van der Waals surface area (Å²) in [6.45, 7) is 2.19. The number of thioether (sulfide) groups is 1. The van der Waals surface area contributed by atoms with Gasteiger partial charge in [-0.15, -0.1) is 0 Å². The number of anilines is 1. The van der Waals surface area contributed by atoms with E-state index in [4.69, 9.17) is 0 Å². The number of rotatable bonds is 3. The first-order chi connectivity index (χ1) is 6.38. The lowest BCUT2D eigenvalue weighted by Crippen LogP contribution is -2.33. The average molecular weight is 193 g/mol. The van der Waals surface area contributed by atoms with Gasteiger partial charge in [-0.25, -0.2) is 0 Å². The van der Waals surface area contributed by atoms with Crippen LogP contribution in [-0.4, -0.2) is 17.5 Å². The topological polar surface area (TPSA) is 12.0 Å². The van der Waals surface area contributed by atoms with Crippen LogP contribution >= 0.6 is 11.8 Å². The second-order valence-corrected chi connectivity index (χ2v) is 4.51. The first-order valence-corrected chi connectivity index (χ1v) is 5.97. The normalized spacial score (nSPS) is 16.7. The van der Waals surface area contributed by atoms with Crippen molar-refractivity contribution in [1.82, 2.24) is 0 Å². The van der Waals surface area contributed by atoms with Crippen molar-refractivity contribution in [1.29, 1.82) is 0 Å². The van der Waals surface area contributed by atoms with Crippen LogP contribution in [0.25, 0.3) is 0 Å².